The van der Waals surface area contributed by atoms with Gasteiger partial charge >= 0.3 is 0 Å². The number of thioether (sulfide) groups is 1. The van der Waals surface area contributed by atoms with E-state index in [4.69, 9.17) is 0 Å². The van der Waals surface area contributed by atoms with E-state index in [1.54, 1.807) is 12.1 Å². The summed E-state index contributed by atoms with van der Waals surface area (Å²) in [7, 11) is -3.63. The summed E-state index contributed by atoms with van der Waals surface area (Å²) in [5.41, 5.74) is 1.11. The quantitative estimate of drug-likeness (QED) is 0.555. The molecule has 3 N–H and O–H groups in total. The van der Waals surface area contributed by atoms with Crippen LogP contribution < -0.4 is 15.4 Å². The molecular weight excluding hydrogens is 410 g/mol. The van der Waals surface area contributed by atoms with E-state index < -0.39 is 15.3 Å². The van der Waals surface area contributed by atoms with Gasteiger partial charge in [-0.05, 0) is 36.8 Å². The molecule has 154 valence electrons. The minimum absolute atomic E-state index is 0.0173. The summed E-state index contributed by atoms with van der Waals surface area (Å²) in [6.45, 7) is 2.35. The molecule has 0 aliphatic carbocycles. The van der Waals surface area contributed by atoms with Crippen molar-refractivity contribution < 1.29 is 18.0 Å². The Hall–Kier alpha value is -2.36. The molecule has 1 unspecified atom stereocenters. The Morgan fingerprint density at radius 2 is 1.97 bits per heavy atom. The van der Waals surface area contributed by atoms with Crippen LogP contribution in [0.25, 0.3) is 0 Å². The minimum atomic E-state index is -3.63. The van der Waals surface area contributed by atoms with Crippen LogP contribution in [0.5, 0.6) is 0 Å². The van der Waals surface area contributed by atoms with Gasteiger partial charge in [-0.1, -0.05) is 31.5 Å². The third-order valence-electron chi connectivity index (χ3n) is 4.33. The number of rotatable bonds is 8. The zero-order chi connectivity index (χ0) is 20.9. The summed E-state index contributed by atoms with van der Waals surface area (Å²) < 4.78 is 27.2. The monoisotopic (exact) mass is 433 g/mol. The second-order valence-electron chi connectivity index (χ2n) is 6.62. The number of para-hydroxylation sites is 1. The molecule has 1 aliphatic heterocycles. The molecular formula is C20H23N3O4S2. The van der Waals surface area contributed by atoms with Gasteiger partial charge < -0.3 is 10.6 Å². The van der Waals surface area contributed by atoms with Crippen LogP contribution in [0.3, 0.4) is 0 Å². The van der Waals surface area contributed by atoms with Crippen LogP contribution >= 0.6 is 11.8 Å². The van der Waals surface area contributed by atoms with E-state index in [9.17, 15) is 18.0 Å². The molecule has 0 bridgehead atoms. The Labute approximate surface area is 174 Å². The first-order valence-corrected chi connectivity index (χ1v) is 11.7. The van der Waals surface area contributed by atoms with E-state index in [-0.39, 0.29) is 23.1 Å². The van der Waals surface area contributed by atoms with Crippen molar-refractivity contribution in [3.8, 4) is 0 Å². The molecule has 7 nitrogen and oxygen atoms in total. The van der Waals surface area contributed by atoms with E-state index in [0.717, 1.165) is 23.4 Å². The Balaban J connectivity index is 1.63. The predicted octanol–water partition coefficient (Wildman–Crippen LogP) is 3.21. The molecule has 1 heterocycles. The molecule has 0 aromatic heterocycles. The molecule has 3 rings (SSSR count). The van der Waals surface area contributed by atoms with Gasteiger partial charge in [0.25, 0.3) is 0 Å². The topological polar surface area (TPSA) is 104 Å². The molecule has 2 aromatic carbocycles. The molecule has 0 radical (unpaired) electrons. The highest BCUT2D eigenvalue weighted by molar-refractivity contribution is 8.01. The molecule has 0 saturated carbocycles. The Morgan fingerprint density at radius 1 is 1.17 bits per heavy atom. The summed E-state index contributed by atoms with van der Waals surface area (Å²) in [5.74, 6) is -0.578. The Bertz CT molecular complexity index is 1010. The van der Waals surface area contributed by atoms with Crippen LogP contribution in [0, 0.1) is 0 Å². The largest absolute Gasteiger partial charge is 0.326 e. The summed E-state index contributed by atoms with van der Waals surface area (Å²) in [5, 5.41) is 4.95. The van der Waals surface area contributed by atoms with Crippen LogP contribution in [-0.2, 0) is 19.6 Å². The maximum atomic E-state index is 12.4. The van der Waals surface area contributed by atoms with Gasteiger partial charge in [-0.3, -0.25) is 9.59 Å². The summed E-state index contributed by atoms with van der Waals surface area (Å²) in [4.78, 5) is 25.7. The van der Waals surface area contributed by atoms with Crippen molar-refractivity contribution in [3.05, 3.63) is 48.5 Å². The van der Waals surface area contributed by atoms with Gasteiger partial charge in [-0.25, -0.2) is 13.1 Å². The fourth-order valence-corrected chi connectivity index (χ4v) is 5.05. The Morgan fingerprint density at radius 3 is 2.76 bits per heavy atom. The first-order valence-electron chi connectivity index (χ1n) is 9.35. The van der Waals surface area contributed by atoms with Crippen LogP contribution in [0.2, 0.25) is 0 Å². The smallest absolute Gasteiger partial charge is 0.240 e. The van der Waals surface area contributed by atoms with Crippen LogP contribution in [-0.4, -0.2) is 32.0 Å². The van der Waals surface area contributed by atoms with Crippen LogP contribution in [0.15, 0.2) is 58.3 Å². The lowest BCUT2D eigenvalue weighted by Gasteiger charge is -2.23. The number of nitrogens with one attached hydrogen (secondary N) is 3. The molecule has 2 amide bonds. The lowest BCUT2D eigenvalue weighted by atomic mass is 10.2. The van der Waals surface area contributed by atoms with Crippen molar-refractivity contribution in [1.82, 2.24) is 4.72 Å². The van der Waals surface area contributed by atoms with Gasteiger partial charge in [-0.15, -0.1) is 11.8 Å². The number of benzene rings is 2. The number of carbonyl (C=O) groups excluding carboxylic acids is 2. The van der Waals surface area contributed by atoms with Crippen molar-refractivity contribution >= 4 is 45.0 Å². The molecule has 29 heavy (non-hydrogen) atoms. The third kappa shape index (κ3) is 5.59. The van der Waals surface area contributed by atoms with E-state index in [0.29, 0.717) is 12.2 Å². The zero-order valence-corrected chi connectivity index (χ0v) is 17.6. The van der Waals surface area contributed by atoms with Crippen molar-refractivity contribution in [2.45, 2.75) is 41.2 Å². The number of anilines is 2. The fraction of sp³-hybridized carbons (Fsp3) is 0.300. The number of sulfonamides is 1. The van der Waals surface area contributed by atoms with Crippen molar-refractivity contribution in [3.63, 3.8) is 0 Å². The summed E-state index contributed by atoms with van der Waals surface area (Å²) in [6, 6.07) is 13.5. The maximum Gasteiger partial charge on any atom is 0.240 e. The molecule has 0 spiro atoms. The number of amides is 2. The van der Waals surface area contributed by atoms with Crippen molar-refractivity contribution in [2.24, 2.45) is 0 Å². The van der Waals surface area contributed by atoms with Gasteiger partial charge in [0, 0.05) is 23.5 Å². The van der Waals surface area contributed by atoms with Crippen molar-refractivity contribution in [1.29, 1.82) is 0 Å². The average Bonchev–Trinajstić information content (AvgIpc) is 2.69. The van der Waals surface area contributed by atoms with Gasteiger partial charge in [0.05, 0.1) is 15.8 Å². The van der Waals surface area contributed by atoms with Gasteiger partial charge in [0.2, 0.25) is 21.8 Å². The van der Waals surface area contributed by atoms with Gasteiger partial charge in [-0.2, -0.15) is 0 Å². The summed E-state index contributed by atoms with van der Waals surface area (Å²) in [6.07, 6.45) is 1.62. The van der Waals surface area contributed by atoms with E-state index >= 15 is 0 Å². The zero-order valence-electron chi connectivity index (χ0n) is 16.0. The third-order valence-corrected chi connectivity index (χ3v) is 7.06. The summed E-state index contributed by atoms with van der Waals surface area (Å²) >= 11 is 1.34. The fourth-order valence-electron chi connectivity index (χ4n) is 2.82. The van der Waals surface area contributed by atoms with Crippen molar-refractivity contribution in [2.75, 3.05) is 17.2 Å². The molecule has 0 fully saturated rings. The highest BCUT2D eigenvalue weighted by atomic mass is 32.2. The highest BCUT2D eigenvalue weighted by Crippen LogP contribution is 2.36. The predicted molar refractivity (Wildman–Crippen MR) is 115 cm³/mol. The normalized spacial score (nSPS) is 16.0. The van der Waals surface area contributed by atoms with E-state index in [2.05, 4.69) is 15.4 Å². The standard InChI is InChI=1S/C20H23N3O4S2/c1-2-3-11-21-29(26,27)15-8-6-7-14(12-15)22-19(24)13-18-20(25)23-16-9-4-5-10-17(16)28-18/h4-10,12,18,21H,2-3,11,13H2,1H3,(H,22,24)(H,23,25). The number of unbranched alkanes of at least 4 members (excludes halogenated alkanes) is 1. The maximum absolute atomic E-state index is 12.4. The number of fused-ring (bicyclic) bond motifs is 1. The van der Waals surface area contributed by atoms with Crippen LogP contribution in [0.1, 0.15) is 26.2 Å². The first-order chi connectivity index (χ1) is 13.9. The lowest BCUT2D eigenvalue weighted by molar-refractivity contribution is -0.120. The highest BCUT2D eigenvalue weighted by Gasteiger charge is 2.28. The molecule has 1 aliphatic rings. The number of carbonyl (C=O) groups is 2. The Kier molecular flexibility index (Phi) is 6.94. The van der Waals surface area contributed by atoms with Crippen LogP contribution in [0.4, 0.5) is 11.4 Å². The van der Waals surface area contributed by atoms with E-state index in [1.165, 1.54) is 23.9 Å². The molecule has 9 heteroatoms. The van der Waals surface area contributed by atoms with E-state index in [1.807, 2.05) is 31.2 Å². The SMILES string of the molecule is CCCCNS(=O)(=O)c1cccc(NC(=O)CC2Sc3ccccc3NC2=O)c1. The van der Waals surface area contributed by atoms with Gasteiger partial charge in [0.1, 0.15) is 0 Å². The average molecular weight is 434 g/mol. The van der Waals surface area contributed by atoms with Gasteiger partial charge in [0.15, 0.2) is 0 Å². The molecule has 2 aromatic rings. The molecule has 1 atom stereocenters. The molecule has 0 saturated heterocycles. The second kappa shape index (κ2) is 9.43. The number of hydrogen-bond donors (Lipinski definition) is 3. The second-order valence-corrected chi connectivity index (χ2v) is 9.63. The first kappa shape index (κ1) is 21.4. The number of hydrogen-bond acceptors (Lipinski definition) is 5. The minimum Gasteiger partial charge on any atom is -0.326 e. The lowest BCUT2D eigenvalue weighted by Crippen LogP contribution is -2.32.